The topological polar surface area (TPSA) is 75.4 Å². The fourth-order valence-corrected chi connectivity index (χ4v) is 3.28. The zero-order valence-electron chi connectivity index (χ0n) is 14.6. The van der Waals surface area contributed by atoms with Gasteiger partial charge >= 0.3 is 0 Å². The molecule has 1 atom stereocenters. The fraction of sp³-hybridized carbons (Fsp3) is 0.300. The second-order valence-corrected chi connectivity index (χ2v) is 6.59. The van der Waals surface area contributed by atoms with Crippen LogP contribution in [0.25, 0.3) is 0 Å². The summed E-state index contributed by atoms with van der Waals surface area (Å²) in [6.45, 7) is 4.67. The third-order valence-electron chi connectivity index (χ3n) is 4.90. The molecule has 2 aromatic carbocycles. The van der Waals surface area contributed by atoms with Crippen LogP contribution in [0.2, 0.25) is 0 Å². The number of primary amides is 1. The molecule has 1 aliphatic rings. The maximum Gasteiger partial charge on any atom is 0.238 e. The molecule has 130 valence electrons. The minimum absolute atomic E-state index is 0.134. The van der Waals surface area contributed by atoms with Gasteiger partial charge in [-0.15, -0.1) is 0 Å². The molecule has 3 N–H and O–H groups in total. The average Bonchev–Trinajstić information content (AvgIpc) is 2.58. The van der Waals surface area contributed by atoms with Gasteiger partial charge in [0.15, 0.2) is 0 Å². The van der Waals surface area contributed by atoms with E-state index >= 15 is 0 Å². The molecule has 0 saturated heterocycles. The Labute approximate surface area is 147 Å². The van der Waals surface area contributed by atoms with Crippen molar-refractivity contribution in [2.75, 3.05) is 11.9 Å². The molecule has 2 aromatic rings. The molecular weight excluding hydrogens is 314 g/mol. The summed E-state index contributed by atoms with van der Waals surface area (Å²) in [5.74, 6) is -0.534. The van der Waals surface area contributed by atoms with Crippen molar-refractivity contribution < 1.29 is 9.59 Å². The van der Waals surface area contributed by atoms with E-state index in [0.717, 1.165) is 27.9 Å². The summed E-state index contributed by atoms with van der Waals surface area (Å²) >= 11 is 0. The molecule has 5 heteroatoms. The molecular formula is C20H23N3O2. The summed E-state index contributed by atoms with van der Waals surface area (Å²) < 4.78 is 0. The number of nitrogens with one attached hydrogen (secondary N) is 1. The highest BCUT2D eigenvalue weighted by atomic mass is 16.2. The van der Waals surface area contributed by atoms with Crippen LogP contribution >= 0.6 is 0 Å². The van der Waals surface area contributed by atoms with Crippen LogP contribution in [-0.4, -0.2) is 29.3 Å². The van der Waals surface area contributed by atoms with Crippen LogP contribution in [0.15, 0.2) is 42.5 Å². The number of nitrogens with two attached hydrogens (primary N) is 1. The maximum absolute atomic E-state index is 12.5. The van der Waals surface area contributed by atoms with Crippen molar-refractivity contribution in [2.45, 2.75) is 32.9 Å². The number of aryl methyl sites for hydroxylation is 1. The molecule has 0 spiro atoms. The predicted molar refractivity (Wildman–Crippen MR) is 98.1 cm³/mol. The zero-order valence-corrected chi connectivity index (χ0v) is 14.6. The van der Waals surface area contributed by atoms with E-state index in [9.17, 15) is 9.59 Å². The predicted octanol–water partition coefficient (Wildman–Crippen LogP) is 2.15. The van der Waals surface area contributed by atoms with E-state index in [2.05, 4.69) is 5.32 Å². The van der Waals surface area contributed by atoms with Gasteiger partial charge in [-0.1, -0.05) is 36.4 Å². The van der Waals surface area contributed by atoms with E-state index in [1.165, 1.54) is 0 Å². The van der Waals surface area contributed by atoms with Gasteiger partial charge < -0.3 is 11.1 Å². The highest BCUT2D eigenvalue weighted by molar-refractivity contribution is 5.93. The molecule has 2 amide bonds. The molecule has 5 nitrogen and oxygen atoms in total. The number of hydrogen-bond donors (Lipinski definition) is 2. The molecule has 0 bridgehead atoms. The first-order valence-corrected chi connectivity index (χ1v) is 8.42. The lowest BCUT2D eigenvalue weighted by Gasteiger charge is -2.34. The zero-order chi connectivity index (χ0) is 18.0. The molecule has 0 radical (unpaired) electrons. The number of amides is 2. The highest BCUT2D eigenvalue weighted by Gasteiger charge is 2.31. The van der Waals surface area contributed by atoms with Gasteiger partial charge in [0.1, 0.15) is 0 Å². The standard InChI is InChI=1S/C20H23N3O2/c1-13-6-5-9-17(14(13)2)22-19(24)12-23-11-16-8-4-3-7-15(16)10-18(23)20(21)25/h3-9,18H,10-12H2,1-2H3,(H2,21,25)(H,22,24)/t18-/m0/s1. The minimum atomic E-state index is -0.459. The van der Waals surface area contributed by atoms with Gasteiger partial charge in [-0.25, -0.2) is 0 Å². The smallest absolute Gasteiger partial charge is 0.238 e. The number of fused-ring (bicyclic) bond motifs is 1. The van der Waals surface area contributed by atoms with Crippen molar-refractivity contribution in [1.29, 1.82) is 0 Å². The largest absolute Gasteiger partial charge is 0.368 e. The summed E-state index contributed by atoms with van der Waals surface area (Å²) in [4.78, 5) is 26.2. The molecule has 0 aliphatic carbocycles. The summed E-state index contributed by atoms with van der Waals surface area (Å²) in [7, 11) is 0. The fourth-order valence-electron chi connectivity index (χ4n) is 3.28. The third kappa shape index (κ3) is 3.72. The van der Waals surface area contributed by atoms with E-state index in [4.69, 9.17) is 5.73 Å². The van der Waals surface area contributed by atoms with Crippen molar-refractivity contribution in [1.82, 2.24) is 4.90 Å². The Morgan fingerprint density at radius 1 is 1.12 bits per heavy atom. The van der Waals surface area contributed by atoms with Crippen molar-refractivity contribution in [3.8, 4) is 0 Å². The van der Waals surface area contributed by atoms with Crippen molar-refractivity contribution >= 4 is 17.5 Å². The van der Waals surface area contributed by atoms with Gasteiger partial charge in [-0.2, -0.15) is 0 Å². The summed E-state index contributed by atoms with van der Waals surface area (Å²) in [6, 6.07) is 13.3. The molecule has 1 aliphatic heterocycles. The van der Waals surface area contributed by atoms with E-state index in [0.29, 0.717) is 13.0 Å². The second-order valence-electron chi connectivity index (χ2n) is 6.59. The number of carbonyl (C=O) groups is 2. The van der Waals surface area contributed by atoms with Gasteiger partial charge in [0, 0.05) is 12.2 Å². The average molecular weight is 337 g/mol. The van der Waals surface area contributed by atoms with Crippen molar-refractivity contribution in [3.63, 3.8) is 0 Å². The Morgan fingerprint density at radius 3 is 2.56 bits per heavy atom. The Morgan fingerprint density at radius 2 is 1.84 bits per heavy atom. The van der Waals surface area contributed by atoms with Crippen LogP contribution < -0.4 is 11.1 Å². The van der Waals surface area contributed by atoms with E-state index in [-0.39, 0.29) is 12.5 Å². The van der Waals surface area contributed by atoms with E-state index in [1.807, 2.05) is 61.2 Å². The summed E-state index contributed by atoms with van der Waals surface area (Å²) in [6.07, 6.45) is 0.544. The Balaban J connectivity index is 1.75. The van der Waals surface area contributed by atoms with Crippen LogP contribution in [-0.2, 0) is 22.6 Å². The van der Waals surface area contributed by atoms with E-state index < -0.39 is 11.9 Å². The SMILES string of the molecule is Cc1cccc(NC(=O)CN2Cc3ccccc3C[C@H]2C(N)=O)c1C. The normalized spacial score (nSPS) is 17.0. The number of anilines is 1. The van der Waals surface area contributed by atoms with Crippen LogP contribution in [0.1, 0.15) is 22.3 Å². The lowest BCUT2D eigenvalue weighted by Crippen LogP contribution is -2.50. The molecule has 0 aromatic heterocycles. The number of rotatable bonds is 4. The monoisotopic (exact) mass is 337 g/mol. The summed E-state index contributed by atoms with van der Waals surface area (Å²) in [5, 5.41) is 2.95. The first-order chi connectivity index (χ1) is 12.0. The van der Waals surface area contributed by atoms with Crippen LogP contribution in [0.4, 0.5) is 5.69 Å². The molecule has 1 heterocycles. The Hall–Kier alpha value is -2.66. The van der Waals surface area contributed by atoms with Gasteiger partial charge in [0.05, 0.1) is 12.6 Å². The molecule has 25 heavy (non-hydrogen) atoms. The molecule has 0 unspecified atom stereocenters. The van der Waals surface area contributed by atoms with E-state index in [1.54, 1.807) is 0 Å². The highest BCUT2D eigenvalue weighted by Crippen LogP contribution is 2.23. The van der Waals surface area contributed by atoms with Crippen LogP contribution in [0.5, 0.6) is 0 Å². The van der Waals surface area contributed by atoms with Crippen molar-refractivity contribution in [3.05, 3.63) is 64.7 Å². The van der Waals surface area contributed by atoms with Crippen LogP contribution in [0, 0.1) is 13.8 Å². The number of hydrogen-bond acceptors (Lipinski definition) is 3. The quantitative estimate of drug-likeness (QED) is 0.898. The Bertz CT molecular complexity index is 816. The second kappa shape index (κ2) is 7.07. The van der Waals surface area contributed by atoms with Gasteiger partial charge in [0.2, 0.25) is 11.8 Å². The van der Waals surface area contributed by atoms with Gasteiger partial charge in [-0.05, 0) is 48.6 Å². The lowest BCUT2D eigenvalue weighted by molar-refractivity contribution is -0.125. The number of benzene rings is 2. The van der Waals surface area contributed by atoms with Crippen molar-refractivity contribution in [2.24, 2.45) is 5.73 Å². The first-order valence-electron chi connectivity index (χ1n) is 8.42. The maximum atomic E-state index is 12.5. The lowest BCUT2D eigenvalue weighted by atomic mass is 9.93. The van der Waals surface area contributed by atoms with Gasteiger partial charge in [-0.3, -0.25) is 14.5 Å². The third-order valence-corrected chi connectivity index (χ3v) is 4.90. The minimum Gasteiger partial charge on any atom is -0.368 e. The number of carbonyl (C=O) groups excluding carboxylic acids is 2. The Kier molecular flexibility index (Phi) is 4.86. The van der Waals surface area contributed by atoms with Gasteiger partial charge in [0.25, 0.3) is 0 Å². The van der Waals surface area contributed by atoms with Crippen LogP contribution in [0.3, 0.4) is 0 Å². The molecule has 0 fully saturated rings. The summed E-state index contributed by atoms with van der Waals surface area (Å²) in [5.41, 5.74) is 10.8. The first kappa shape index (κ1) is 17.2. The number of nitrogens with zero attached hydrogens (tertiary/aromatic N) is 1. The molecule has 3 rings (SSSR count). The molecule has 0 saturated carbocycles.